The fourth-order valence-corrected chi connectivity index (χ4v) is 2.17. The number of ether oxygens (including phenoxy) is 3. The van der Waals surface area contributed by atoms with Crippen LogP contribution in [0, 0.1) is 11.3 Å². The van der Waals surface area contributed by atoms with Crippen LogP contribution in [0.1, 0.15) is 41.5 Å². The van der Waals surface area contributed by atoms with E-state index in [4.69, 9.17) is 19.5 Å². The Bertz CT molecular complexity index is 540. The van der Waals surface area contributed by atoms with Crippen LogP contribution in [0.2, 0.25) is 0 Å². The van der Waals surface area contributed by atoms with Gasteiger partial charge in [0.1, 0.15) is 23.0 Å². The Hall–Kier alpha value is -2.07. The highest BCUT2D eigenvalue weighted by Gasteiger charge is 2.45. The second-order valence-corrected chi connectivity index (χ2v) is 6.59. The van der Waals surface area contributed by atoms with Crippen molar-refractivity contribution in [2.75, 3.05) is 13.2 Å². The fourth-order valence-electron chi connectivity index (χ4n) is 2.17. The number of carbonyl (C=O) groups excluding carboxylic acids is 2. The van der Waals surface area contributed by atoms with Crippen molar-refractivity contribution in [3.63, 3.8) is 0 Å². The summed E-state index contributed by atoms with van der Waals surface area (Å²) in [5.41, 5.74) is -1.73. The van der Waals surface area contributed by atoms with Crippen LogP contribution in [0.4, 0.5) is 4.79 Å². The van der Waals surface area contributed by atoms with E-state index in [9.17, 15) is 9.59 Å². The second-order valence-electron chi connectivity index (χ2n) is 6.59. The number of nitrogens with zero attached hydrogens (tertiary/aromatic N) is 2. The van der Waals surface area contributed by atoms with Gasteiger partial charge in [0.2, 0.25) is 0 Å². The van der Waals surface area contributed by atoms with Gasteiger partial charge in [-0.2, -0.15) is 5.26 Å². The Labute approximate surface area is 136 Å². The van der Waals surface area contributed by atoms with E-state index in [2.05, 4.69) is 0 Å². The molecular formula is C16H24N2O5. The van der Waals surface area contributed by atoms with E-state index in [1.165, 1.54) is 11.0 Å². The lowest BCUT2D eigenvalue weighted by atomic mass is 10.1. The molecule has 1 heterocycles. The van der Waals surface area contributed by atoms with Gasteiger partial charge < -0.3 is 14.2 Å². The summed E-state index contributed by atoms with van der Waals surface area (Å²) in [5.74, 6) is -0.719. The van der Waals surface area contributed by atoms with Gasteiger partial charge in [-0.3, -0.25) is 4.90 Å². The molecule has 0 saturated carbocycles. The minimum absolute atomic E-state index is 0.160. The van der Waals surface area contributed by atoms with E-state index >= 15 is 0 Å². The van der Waals surface area contributed by atoms with Crippen molar-refractivity contribution in [3.8, 4) is 6.07 Å². The second kappa shape index (κ2) is 7.01. The van der Waals surface area contributed by atoms with Crippen molar-refractivity contribution >= 4 is 12.1 Å². The van der Waals surface area contributed by atoms with Gasteiger partial charge in [-0.05, 0) is 47.6 Å². The predicted molar refractivity (Wildman–Crippen MR) is 82.2 cm³/mol. The summed E-state index contributed by atoms with van der Waals surface area (Å²) >= 11 is 0. The molecule has 0 radical (unpaired) electrons. The van der Waals surface area contributed by atoms with Gasteiger partial charge in [0, 0.05) is 0 Å². The molecule has 1 rings (SSSR count). The van der Waals surface area contributed by atoms with E-state index in [1.54, 1.807) is 47.6 Å². The molecule has 1 amide bonds. The monoisotopic (exact) mass is 324 g/mol. The first-order valence-corrected chi connectivity index (χ1v) is 7.47. The third kappa shape index (κ3) is 4.96. The van der Waals surface area contributed by atoms with Gasteiger partial charge in [-0.1, -0.05) is 0 Å². The minimum atomic E-state index is -0.904. The SMILES string of the molecule is CCOC(=O)/C(C#N)=C/[C@@H]1COC(C)(C)N1C(=O)OC(C)(C)C. The lowest BCUT2D eigenvalue weighted by Crippen LogP contribution is -2.49. The molecule has 128 valence electrons. The summed E-state index contributed by atoms with van der Waals surface area (Å²) in [5, 5.41) is 9.13. The van der Waals surface area contributed by atoms with Gasteiger partial charge in [-0.25, -0.2) is 9.59 Å². The average Bonchev–Trinajstić information content (AvgIpc) is 2.69. The lowest BCUT2D eigenvalue weighted by molar-refractivity contribution is -0.138. The maximum absolute atomic E-state index is 12.4. The third-order valence-electron chi connectivity index (χ3n) is 3.08. The Morgan fingerprint density at radius 1 is 1.43 bits per heavy atom. The van der Waals surface area contributed by atoms with Crippen LogP contribution in [0.3, 0.4) is 0 Å². The Kier molecular flexibility index (Phi) is 5.78. The van der Waals surface area contributed by atoms with Gasteiger partial charge in [0.15, 0.2) is 0 Å². The van der Waals surface area contributed by atoms with Crippen LogP contribution in [0.25, 0.3) is 0 Å². The number of hydrogen-bond donors (Lipinski definition) is 0. The van der Waals surface area contributed by atoms with Gasteiger partial charge in [-0.15, -0.1) is 0 Å². The quantitative estimate of drug-likeness (QED) is 0.450. The highest BCUT2D eigenvalue weighted by molar-refractivity contribution is 5.93. The molecular weight excluding hydrogens is 300 g/mol. The van der Waals surface area contributed by atoms with Crippen LogP contribution in [-0.4, -0.2) is 47.5 Å². The van der Waals surface area contributed by atoms with Crippen molar-refractivity contribution in [1.29, 1.82) is 5.26 Å². The first-order valence-electron chi connectivity index (χ1n) is 7.47. The number of amides is 1. The topological polar surface area (TPSA) is 88.9 Å². The number of esters is 1. The summed E-state index contributed by atoms with van der Waals surface area (Å²) in [4.78, 5) is 25.6. The van der Waals surface area contributed by atoms with E-state index in [1.807, 2.05) is 0 Å². The maximum Gasteiger partial charge on any atom is 0.413 e. The first-order chi connectivity index (χ1) is 10.5. The molecule has 0 aromatic rings. The Balaban J connectivity index is 3.07. The normalized spacial score (nSPS) is 20.8. The zero-order chi connectivity index (χ0) is 17.8. The van der Waals surface area contributed by atoms with Crippen molar-refractivity contribution < 1.29 is 23.8 Å². The Morgan fingerprint density at radius 3 is 2.52 bits per heavy atom. The fraction of sp³-hybridized carbons (Fsp3) is 0.688. The van der Waals surface area contributed by atoms with Crippen LogP contribution in [-0.2, 0) is 19.0 Å². The van der Waals surface area contributed by atoms with Crippen LogP contribution >= 0.6 is 0 Å². The molecule has 1 saturated heterocycles. The molecule has 7 heteroatoms. The third-order valence-corrected chi connectivity index (χ3v) is 3.08. The molecule has 1 aliphatic heterocycles. The van der Waals surface area contributed by atoms with Gasteiger partial charge in [0.25, 0.3) is 0 Å². The van der Waals surface area contributed by atoms with E-state index in [0.717, 1.165) is 0 Å². The number of rotatable bonds is 3. The number of nitriles is 1. The smallest absolute Gasteiger partial charge is 0.413 e. The minimum Gasteiger partial charge on any atom is -0.462 e. The van der Waals surface area contributed by atoms with E-state index in [-0.39, 0.29) is 18.8 Å². The van der Waals surface area contributed by atoms with Crippen molar-refractivity contribution in [2.45, 2.75) is 58.9 Å². The van der Waals surface area contributed by atoms with E-state index in [0.29, 0.717) is 0 Å². The zero-order valence-corrected chi connectivity index (χ0v) is 14.5. The molecule has 7 nitrogen and oxygen atoms in total. The molecule has 1 atom stereocenters. The standard InChI is InChI=1S/C16H24N2O5/c1-7-21-13(19)11(9-17)8-12-10-22-16(5,6)18(12)14(20)23-15(2,3)4/h8,12H,7,10H2,1-6H3/b11-8+/t12-/m1/s1. The van der Waals surface area contributed by atoms with Crippen LogP contribution in [0.15, 0.2) is 11.6 Å². The molecule has 1 fully saturated rings. The number of hydrogen-bond acceptors (Lipinski definition) is 6. The largest absolute Gasteiger partial charge is 0.462 e. The first kappa shape index (κ1) is 19.0. The van der Waals surface area contributed by atoms with Gasteiger partial charge >= 0.3 is 12.1 Å². The average molecular weight is 324 g/mol. The summed E-state index contributed by atoms with van der Waals surface area (Å²) in [6.07, 6.45) is 0.818. The molecule has 0 aromatic heterocycles. The zero-order valence-electron chi connectivity index (χ0n) is 14.5. The summed E-state index contributed by atoms with van der Waals surface area (Å²) in [7, 11) is 0. The molecule has 0 aliphatic carbocycles. The van der Waals surface area contributed by atoms with E-state index < -0.39 is 29.4 Å². The summed E-state index contributed by atoms with van der Waals surface area (Å²) in [6.45, 7) is 10.7. The molecule has 0 spiro atoms. The summed E-state index contributed by atoms with van der Waals surface area (Å²) < 4.78 is 15.8. The van der Waals surface area contributed by atoms with Crippen molar-refractivity contribution in [3.05, 3.63) is 11.6 Å². The molecule has 0 unspecified atom stereocenters. The molecule has 1 aliphatic rings. The molecule has 23 heavy (non-hydrogen) atoms. The molecule has 0 bridgehead atoms. The van der Waals surface area contributed by atoms with Crippen LogP contribution < -0.4 is 0 Å². The highest BCUT2D eigenvalue weighted by Crippen LogP contribution is 2.30. The molecule has 0 aromatic carbocycles. The van der Waals surface area contributed by atoms with Crippen molar-refractivity contribution in [1.82, 2.24) is 4.90 Å². The lowest BCUT2D eigenvalue weighted by Gasteiger charge is -2.34. The summed E-state index contributed by atoms with van der Waals surface area (Å²) in [6, 6.07) is 1.22. The highest BCUT2D eigenvalue weighted by atomic mass is 16.6. The van der Waals surface area contributed by atoms with Crippen molar-refractivity contribution in [2.24, 2.45) is 0 Å². The Morgan fingerprint density at radius 2 is 2.04 bits per heavy atom. The maximum atomic E-state index is 12.4. The molecule has 0 N–H and O–H groups in total. The van der Waals surface area contributed by atoms with Crippen LogP contribution in [0.5, 0.6) is 0 Å². The van der Waals surface area contributed by atoms with Gasteiger partial charge in [0.05, 0.1) is 19.3 Å². The number of carbonyl (C=O) groups is 2. The predicted octanol–water partition coefficient (Wildman–Crippen LogP) is 2.37.